The molecule has 0 bridgehead atoms. The molecule has 2 heteroatoms. The summed E-state index contributed by atoms with van der Waals surface area (Å²) >= 11 is 0. The molecule has 0 spiro atoms. The van der Waals surface area contributed by atoms with E-state index >= 15 is 0 Å². The van der Waals surface area contributed by atoms with Crippen molar-refractivity contribution in [3.63, 3.8) is 0 Å². The molecule has 0 radical (unpaired) electrons. The molecular formula is C11H18N2. The van der Waals surface area contributed by atoms with Crippen LogP contribution >= 0.6 is 0 Å². The summed E-state index contributed by atoms with van der Waals surface area (Å²) in [5.41, 5.74) is 2.35. The van der Waals surface area contributed by atoms with E-state index in [-0.39, 0.29) is 0 Å². The fourth-order valence-corrected chi connectivity index (χ4v) is 1.46. The highest BCUT2D eigenvalue weighted by molar-refractivity contribution is 5.46. The second kappa shape index (κ2) is 4.26. The summed E-state index contributed by atoms with van der Waals surface area (Å²) in [6.07, 6.45) is 0. The monoisotopic (exact) mass is 178 g/mol. The van der Waals surface area contributed by atoms with Crippen molar-refractivity contribution in [1.82, 2.24) is 4.98 Å². The molecule has 0 unspecified atom stereocenters. The molecule has 0 saturated heterocycles. The zero-order chi connectivity index (χ0) is 9.84. The van der Waals surface area contributed by atoms with Crippen molar-refractivity contribution in [2.75, 3.05) is 18.0 Å². The summed E-state index contributed by atoms with van der Waals surface area (Å²) in [6, 6.07) is 4.19. The highest BCUT2D eigenvalue weighted by Crippen LogP contribution is 2.16. The Morgan fingerprint density at radius 2 is 1.77 bits per heavy atom. The Balaban J connectivity index is 3.03. The maximum Gasteiger partial charge on any atom is 0.131 e. The van der Waals surface area contributed by atoms with Crippen LogP contribution in [-0.2, 0) is 0 Å². The molecule has 0 atom stereocenters. The highest BCUT2D eigenvalue weighted by atomic mass is 15.2. The molecule has 0 N–H and O–H groups in total. The first-order valence-corrected chi connectivity index (χ1v) is 4.88. The van der Waals surface area contributed by atoms with Gasteiger partial charge >= 0.3 is 0 Å². The van der Waals surface area contributed by atoms with Crippen LogP contribution in [0.1, 0.15) is 25.1 Å². The Kier molecular flexibility index (Phi) is 3.29. The lowest BCUT2D eigenvalue weighted by Crippen LogP contribution is -2.24. The normalized spacial score (nSPS) is 10.2. The van der Waals surface area contributed by atoms with Crippen LogP contribution in [0.3, 0.4) is 0 Å². The molecule has 2 nitrogen and oxygen atoms in total. The minimum atomic E-state index is 1.02. The third kappa shape index (κ3) is 2.20. The fraction of sp³-hybridized carbons (Fsp3) is 0.545. The van der Waals surface area contributed by atoms with E-state index in [4.69, 9.17) is 0 Å². The third-order valence-electron chi connectivity index (χ3n) is 2.27. The van der Waals surface area contributed by atoms with E-state index in [2.05, 4.69) is 42.8 Å². The van der Waals surface area contributed by atoms with Crippen molar-refractivity contribution < 1.29 is 0 Å². The molecule has 1 aromatic rings. The number of aryl methyl sites for hydroxylation is 2. The van der Waals surface area contributed by atoms with E-state index in [0.717, 1.165) is 24.6 Å². The van der Waals surface area contributed by atoms with E-state index < -0.39 is 0 Å². The highest BCUT2D eigenvalue weighted by Gasteiger charge is 2.06. The van der Waals surface area contributed by atoms with Crippen molar-refractivity contribution in [2.24, 2.45) is 0 Å². The number of pyridine rings is 1. The van der Waals surface area contributed by atoms with Gasteiger partial charge in [-0.1, -0.05) is 6.07 Å². The Labute approximate surface area is 80.6 Å². The summed E-state index contributed by atoms with van der Waals surface area (Å²) < 4.78 is 0. The molecule has 0 saturated carbocycles. The van der Waals surface area contributed by atoms with Crippen LogP contribution in [0.15, 0.2) is 12.1 Å². The summed E-state index contributed by atoms with van der Waals surface area (Å²) in [5.74, 6) is 1.13. The predicted octanol–water partition coefficient (Wildman–Crippen LogP) is 2.54. The number of hydrogen-bond donors (Lipinski definition) is 0. The van der Waals surface area contributed by atoms with Crippen molar-refractivity contribution in [1.29, 1.82) is 0 Å². The lowest BCUT2D eigenvalue weighted by molar-refractivity contribution is 0.836. The number of rotatable bonds is 3. The Morgan fingerprint density at radius 3 is 2.31 bits per heavy atom. The van der Waals surface area contributed by atoms with Gasteiger partial charge in [0, 0.05) is 18.8 Å². The lowest BCUT2D eigenvalue weighted by Gasteiger charge is -2.21. The number of aromatic nitrogens is 1. The molecule has 0 fully saturated rings. The average molecular weight is 178 g/mol. The van der Waals surface area contributed by atoms with Crippen LogP contribution in [0.2, 0.25) is 0 Å². The zero-order valence-electron chi connectivity index (χ0n) is 8.96. The number of nitrogens with zero attached hydrogens (tertiary/aromatic N) is 2. The second-order valence-electron chi connectivity index (χ2n) is 3.27. The van der Waals surface area contributed by atoms with Gasteiger partial charge in [0.25, 0.3) is 0 Å². The van der Waals surface area contributed by atoms with E-state index in [9.17, 15) is 0 Å². The standard InChI is InChI=1S/C11H18N2/c1-5-13(6-2)11-9(3)7-8-10(4)12-11/h7-8H,5-6H2,1-4H3. The van der Waals surface area contributed by atoms with Gasteiger partial charge in [-0.25, -0.2) is 4.98 Å². The van der Waals surface area contributed by atoms with Crippen molar-refractivity contribution >= 4 is 5.82 Å². The van der Waals surface area contributed by atoms with Crippen LogP contribution in [0, 0.1) is 13.8 Å². The number of anilines is 1. The molecule has 1 aromatic heterocycles. The van der Waals surface area contributed by atoms with Crippen molar-refractivity contribution in [2.45, 2.75) is 27.7 Å². The molecule has 0 aliphatic carbocycles. The van der Waals surface area contributed by atoms with Gasteiger partial charge in [0.05, 0.1) is 0 Å². The van der Waals surface area contributed by atoms with Crippen LogP contribution < -0.4 is 4.90 Å². The van der Waals surface area contributed by atoms with Crippen molar-refractivity contribution in [3.8, 4) is 0 Å². The van der Waals surface area contributed by atoms with E-state index in [1.54, 1.807) is 0 Å². The van der Waals surface area contributed by atoms with Gasteiger partial charge in [-0.3, -0.25) is 0 Å². The predicted molar refractivity (Wildman–Crippen MR) is 57.3 cm³/mol. The Morgan fingerprint density at radius 1 is 1.15 bits per heavy atom. The van der Waals surface area contributed by atoms with Gasteiger partial charge in [0.15, 0.2) is 0 Å². The first-order valence-electron chi connectivity index (χ1n) is 4.88. The summed E-state index contributed by atoms with van der Waals surface area (Å²) in [4.78, 5) is 6.82. The molecule has 1 heterocycles. The molecule has 0 amide bonds. The Bertz CT molecular complexity index is 277. The topological polar surface area (TPSA) is 16.1 Å². The lowest BCUT2D eigenvalue weighted by atomic mass is 10.2. The summed E-state index contributed by atoms with van der Waals surface area (Å²) in [6.45, 7) is 10.5. The minimum Gasteiger partial charge on any atom is -0.357 e. The molecule has 13 heavy (non-hydrogen) atoms. The van der Waals surface area contributed by atoms with E-state index in [0.29, 0.717) is 0 Å². The van der Waals surface area contributed by atoms with E-state index in [1.165, 1.54) is 5.56 Å². The van der Waals surface area contributed by atoms with Crippen LogP contribution in [-0.4, -0.2) is 18.1 Å². The van der Waals surface area contributed by atoms with Crippen LogP contribution in [0.5, 0.6) is 0 Å². The van der Waals surface area contributed by atoms with Gasteiger partial charge < -0.3 is 4.90 Å². The molecule has 0 aliphatic rings. The summed E-state index contributed by atoms with van der Waals surface area (Å²) in [7, 11) is 0. The van der Waals surface area contributed by atoms with E-state index in [1.807, 2.05) is 6.92 Å². The molecule has 1 rings (SSSR count). The molecule has 72 valence electrons. The largest absolute Gasteiger partial charge is 0.357 e. The molecular weight excluding hydrogens is 160 g/mol. The van der Waals surface area contributed by atoms with Gasteiger partial charge in [-0.2, -0.15) is 0 Å². The maximum absolute atomic E-state index is 4.54. The van der Waals surface area contributed by atoms with Crippen molar-refractivity contribution in [3.05, 3.63) is 23.4 Å². The van der Waals surface area contributed by atoms with Gasteiger partial charge in [-0.15, -0.1) is 0 Å². The van der Waals surface area contributed by atoms with Crippen LogP contribution in [0.25, 0.3) is 0 Å². The first kappa shape index (κ1) is 10.0. The second-order valence-corrected chi connectivity index (χ2v) is 3.27. The van der Waals surface area contributed by atoms with Gasteiger partial charge in [-0.05, 0) is 39.3 Å². The van der Waals surface area contributed by atoms with Gasteiger partial charge in [0.1, 0.15) is 5.82 Å². The first-order chi connectivity index (χ1) is 6.19. The van der Waals surface area contributed by atoms with Crippen LogP contribution in [0.4, 0.5) is 5.82 Å². The molecule has 0 aliphatic heterocycles. The Hall–Kier alpha value is -1.05. The fourth-order valence-electron chi connectivity index (χ4n) is 1.46. The summed E-state index contributed by atoms with van der Waals surface area (Å²) in [5, 5.41) is 0. The number of hydrogen-bond acceptors (Lipinski definition) is 2. The molecule has 0 aromatic carbocycles. The SMILES string of the molecule is CCN(CC)c1nc(C)ccc1C. The van der Waals surface area contributed by atoms with Gasteiger partial charge in [0.2, 0.25) is 0 Å². The maximum atomic E-state index is 4.54. The third-order valence-corrected chi connectivity index (χ3v) is 2.27. The smallest absolute Gasteiger partial charge is 0.131 e. The minimum absolute atomic E-state index is 1.02. The average Bonchev–Trinajstić information content (AvgIpc) is 2.13. The zero-order valence-corrected chi connectivity index (χ0v) is 8.96. The quantitative estimate of drug-likeness (QED) is 0.707.